The Bertz CT molecular complexity index is 1090. The van der Waals surface area contributed by atoms with Gasteiger partial charge in [-0.1, -0.05) is 48.0 Å². The first-order valence-corrected chi connectivity index (χ1v) is 9.40. The van der Waals surface area contributed by atoms with Gasteiger partial charge in [0.2, 0.25) is 5.95 Å². The van der Waals surface area contributed by atoms with Crippen molar-refractivity contribution < 1.29 is 9.18 Å². The molecule has 0 amide bonds. The van der Waals surface area contributed by atoms with E-state index in [2.05, 4.69) is 15.4 Å². The fraction of sp³-hybridized carbons (Fsp3) is 0.190. The van der Waals surface area contributed by atoms with Gasteiger partial charge in [-0.05, 0) is 29.3 Å². The van der Waals surface area contributed by atoms with Gasteiger partial charge in [-0.2, -0.15) is 10.1 Å². The normalized spacial score (nSPS) is 23.4. The van der Waals surface area contributed by atoms with E-state index in [0.29, 0.717) is 17.4 Å². The molecule has 7 heteroatoms. The molecule has 2 aliphatic rings. The number of allylic oxidation sites excluding steroid dienone is 2. The highest BCUT2D eigenvalue weighted by Crippen LogP contribution is 2.45. The maximum atomic E-state index is 13.3. The van der Waals surface area contributed by atoms with Crippen molar-refractivity contribution in [2.24, 2.45) is 5.92 Å². The smallest absolute Gasteiger partial charge is 0.226 e. The lowest BCUT2D eigenvalue weighted by Gasteiger charge is -2.38. The van der Waals surface area contributed by atoms with Crippen molar-refractivity contribution in [1.82, 2.24) is 14.8 Å². The second kappa shape index (κ2) is 6.56. The van der Waals surface area contributed by atoms with Crippen LogP contribution >= 0.6 is 11.6 Å². The molecule has 3 aromatic rings. The molecule has 1 aliphatic heterocycles. The number of carbonyl (C=O) groups is 1. The SMILES string of the molecule is O=C1C[C@H](c2ccc(F)cc2)C=C2Nc3ncnn3[C@@H](c3ccccc3Cl)[C@H]12. The van der Waals surface area contributed by atoms with E-state index in [9.17, 15) is 9.18 Å². The number of anilines is 1. The van der Waals surface area contributed by atoms with Gasteiger partial charge in [0, 0.05) is 23.1 Å². The van der Waals surface area contributed by atoms with Crippen LogP contribution in [0.25, 0.3) is 0 Å². The molecule has 0 unspecified atom stereocenters. The Hall–Kier alpha value is -2.99. The number of halogens is 2. The van der Waals surface area contributed by atoms with Crippen LogP contribution in [0.2, 0.25) is 5.02 Å². The molecule has 0 bridgehead atoms. The van der Waals surface area contributed by atoms with Crippen LogP contribution in [-0.4, -0.2) is 20.5 Å². The maximum absolute atomic E-state index is 13.3. The van der Waals surface area contributed by atoms with Gasteiger partial charge in [-0.3, -0.25) is 4.79 Å². The molecule has 0 radical (unpaired) electrons. The molecule has 5 rings (SSSR count). The lowest BCUT2D eigenvalue weighted by molar-refractivity contribution is -0.123. The van der Waals surface area contributed by atoms with Crippen LogP contribution in [0, 0.1) is 11.7 Å². The minimum absolute atomic E-state index is 0.0883. The van der Waals surface area contributed by atoms with E-state index in [4.69, 9.17) is 11.6 Å². The summed E-state index contributed by atoms with van der Waals surface area (Å²) in [5.41, 5.74) is 2.53. The molecule has 2 aromatic carbocycles. The summed E-state index contributed by atoms with van der Waals surface area (Å²) in [6.07, 6.45) is 3.85. The van der Waals surface area contributed by atoms with Crippen LogP contribution in [0.15, 0.2) is 66.6 Å². The van der Waals surface area contributed by atoms with Crippen molar-refractivity contribution >= 4 is 23.3 Å². The van der Waals surface area contributed by atoms with Crippen molar-refractivity contribution in [3.8, 4) is 0 Å². The lowest BCUT2D eigenvalue weighted by Crippen LogP contribution is -2.40. The molecule has 5 nitrogen and oxygen atoms in total. The van der Waals surface area contributed by atoms with Crippen LogP contribution in [0.1, 0.15) is 29.5 Å². The van der Waals surface area contributed by atoms with Crippen LogP contribution in [-0.2, 0) is 4.79 Å². The van der Waals surface area contributed by atoms with Gasteiger partial charge in [-0.25, -0.2) is 9.07 Å². The van der Waals surface area contributed by atoms with Gasteiger partial charge in [0.25, 0.3) is 0 Å². The monoisotopic (exact) mass is 394 g/mol. The van der Waals surface area contributed by atoms with E-state index in [1.165, 1.54) is 18.5 Å². The van der Waals surface area contributed by atoms with Crippen LogP contribution < -0.4 is 5.32 Å². The van der Waals surface area contributed by atoms with Crippen LogP contribution in [0.3, 0.4) is 0 Å². The summed E-state index contributed by atoms with van der Waals surface area (Å²) in [6.45, 7) is 0. The van der Waals surface area contributed by atoms with E-state index >= 15 is 0 Å². The Morgan fingerprint density at radius 1 is 1.14 bits per heavy atom. The molecular weight excluding hydrogens is 379 g/mol. The van der Waals surface area contributed by atoms with E-state index in [1.807, 2.05) is 30.3 Å². The first kappa shape index (κ1) is 17.1. The quantitative estimate of drug-likeness (QED) is 0.702. The molecule has 2 heterocycles. The third-order valence-electron chi connectivity index (χ3n) is 5.41. The summed E-state index contributed by atoms with van der Waals surface area (Å²) in [5.74, 6) is -0.177. The maximum Gasteiger partial charge on any atom is 0.226 e. The highest BCUT2D eigenvalue weighted by molar-refractivity contribution is 6.31. The number of rotatable bonds is 2. The molecule has 0 spiro atoms. The fourth-order valence-electron chi connectivity index (χ4n) is 4.13. The molecule has 1 aromatic heterocycles. The number of fused-ring (bicyclic) bond motifs is 2. The third kappa shape index (κ3) is 2.72. The minimum Gasteiger partial charge on any atom is -0.328 e. The predicted molar refractivity (Wildman–Crippen MR) is 104 cm³/mol. The van der Waals surface area contributed by atoms with Gasteiger partial charge in [0.1, 0.15) is 17.9 Å². The summed E-state index contributed by atoms with van der Waals surface area (Å²) in [4.78, 5) is 17.5. The summed E-state index contributed by atoms with van der Waals surface area (Å²) >= 11 is 6.46. The van der Waals surface area contributed by atoms with Gasteiger partial charge in [0.05, 0.1) is 12.0 Å². The first-order chi connectivity index (χ1) is 13.6. The molecule has 0 fully saturated rings. The Morgan fingerprint density at radius 2 is 1.93 bits per heavy atom. The zero-order chi connectivity index (χ0) is 19.3. The second-order valence-electron chi connectivity index (χ2n) is 7.05. The van der Waals surface area contributed by atoms with E-state index in [0.717, 1.165) is 16.8 Å². The zero-order valence-electron chi connectivity index (χ0n) is 14.7. The molecule has 140 valence electrons. The number of nitrogens with zero attached hydrogens (tertiary/aromatic N) is 3. The Morgan fingerprint density at radius 3 is 2.71 bits per heavy atom. The van der Waals surface area contributed by atoms with Gasteiger partial charge in [0.15, 0.2) is 0 Å². The number of Topliss-reactive ketones (excluding diaryl/α,β-unsaturated/α-hetero) is 1. The number of ketones is 1. The Balaban J connectivity index is 1.62. The van der Waals surface area contributed by atoms with E-state index in [1.54, 1.807) is 16.8 Å². The predicted octanol–water partition coefficient (Wildman–Crippen LogP) is 4.34. The summed E-state index contributed by atoms with van der Waals surface area (Å²) in [5, 5.41) is 8.17. The lowest BCUT2D eigenvalue weighted by atomic mass is 9.75. The van der Waals surface area contributed by atoms with Gasteiger partial charge in [-0.15, -0.1) is 0 Å². The summed E-state index contributed by atoms with van der Waals surface area (Å²) in [7, 11) is 0. The van der Waals surface area contributed by atoms with Gasteiger partial charge < -0.3 is 5.32 Å². The Kier molecular flexibility index (Phi) is 4.02. The number of hydrogen-bond acceptors (Lipinski definition) is 4. The molecule has 1 N–H and O–H groups in total. The number of carbonyl (C=O) groups excluding carboxylic acids is 1. The number of aromatic nitrogens is 3. The van der Waals surface area contributed by atoms with Crippen molar-refractivity contribution in [2.75, 3.05) is 5.32 Å². The number of nitrogens with one attached hydrogen (secondary N) is 1. The average molecular weight is 395 g/mol. The van der Waals surface area contributed by atoms with Crippen LogP contribution in [0.4, 0.5) is 10.3 Å². The fourth-order valence-corrected chi connectivity index (χ4v) is 4.37. The van der Waals surface area contributed by atoms with Crippen molar-refractivity contribution in [1.29, 1.82) is 0 Å². The molecule has 3 atom stereocenters. The zero-order valence-corrected chi connectivity index (χ0v) is 15.5. The Labute approximate surface area is 165 Å². The topological polar surface area (TPSA) is 59.8 Å². The standard InChI is InChI=1S/C21H16ClFN4O/c22-16-4-2-1-3-15(16)20-19-17(26-21-24-11-25-27(20)21)9-13(10-18(19)28)12-5-7-14(23)8-6-12/h1-9,11,13,19-20H,10H2,(H,24,25,26)/t13-,19+,20+/m1/s1. The number of hydrogen-bond donors (Lipinski definition) is 1. The molecule has 0 saturated heterocycles. The van der Waals surface area contributed by atoms with E-state index in [-0.39, 0.29) is 23.6 Å². The number of benzene rings is 2. The first-order valence-electron chi connectivity index (χ1n) is 9.02. The summed E-state index contributed by atoms with van der Waals surface area (Å²) < 4.78 is 15.0. The summed E-state index contributed by atoms with van der Waals surface area (Å²) in [6, 6.07) is 13.4. The highest BCUT2D eigenvalue weighted by atomic mass is 35.5. The third-order valence-corrected chi connectivity index (χ3v) is 5.76. The molecule has 28 heavy (non-hydrogen) atoms. The average Bonchev–Trinajstić information content (AvgIpc) is 3.15. The second-order valence-corrected chi connectivity index (χ2v) is 7.45. The van der Waals surface area contributed by atoms with Crippen molar-refractivity contribution in [3.63, 3.8) is 0 Å². The van der Waals surface area contributed by atoms with Crippen molar-refractivity contribution in [3.05, 3.63) is 88.6 Å². The van der Waals surface area contributed by atoms with Crippen LogP contribution in [0.5, 0.6) is 0 Å². The molecule has 0 saturated carbocycles. The van der Waals surface area contributed by atoms with Crippen molar-refractivity contribution in [2.45, 2.75) is 18.4 Å². The molecule has 1 aliphatic carbocycles. The van der Waals surface area contributed by atoms with E-state index < -0.39 is 5.92 Å². The van der Waals surface area contributed by atoms with Gasteiger partial charge >= 0.3 is 0 Å². The molecular formula is C21H16ClFN4O. The largest absolute Gasteiger partial charge is 0.328 e. The highest BCUT2D eigenvalue weighted by Gasteiger charge is 2.43. The minimum atomic E-state index is -0.425.